The van der Waals surface area contributed by atoms with Crippen LogP contribution in [0.4, 0.5) is 4.79 Å². The van der Waals surface area contributed by atoms with Crippen molar-refractivity contribution in [1.82, 2.24) is 4.90 Å². The van der Waals surface area contributed by atoms with Gasteiger partial charge < -0.3 is 4.74 Å². The molecule has 1 aliphatic rings. The summed E-state index contributed by atoms with van der Waals surface area (Å²) in [5, 5.41) is 2.54. The Bertz CT molecular complexity index is 1150. The Morgan fingerprint density at radius 2 is 1.69 bits per heavy atom. The third-order valence-electron chi connectivity index (χ3n) is 4.55. The first kappa shape index (κ1) is 19.8. The number of carbonyl (C=O) groups excluding carboxylic acids is 2. The molecule has 0 saturated carbocycles. The second-order valence-corrected chi connectivity index (χ2v) is 8.27. The second-order valence-electron chi connectivity index (χ2n) is 6.47. The molecule has 4 rings (SSSR count). The highest BCUT2D eigenvalue weighted by molar-refractivity contribution is 8.18. The average molecular weight is 444 g/mol. The van der Waals surface area contributed by atoms with E-state index in [1.807, 2.05) is 42.5 Å². The van der Waals surface area contributed by atoms with E-state index in [2.05, 4.69) is 0 Å². The fraction of sp³-hybridized carbons (Fsp3) is 0.0909. The van der Waals surface area contributed by atoms with E-state index in [9.17, 15) is 9.59 Å². The van der Waals surface area contributed by atoms with Gasteiger partial charge in [0.1, 0.15) is 0 Å². The van der Waals surface area contributed by atoms with Crippen LogP contribution in [0.3, 0.4) is 0 Å². The molecule has 0 N–H and O–H groups in total. The number of nitrogens with zero attached hydrogens (tertiary/aromatic N) is 1. The van der Waals surface area contributed by atoms with Gasteiger partial charge in [-0.05, 0) is 57.9 Å². The molecule has 0 unspecified atom stereocenters. The van der Waals surface area contributed by atoms with E-state index in [0.29, 0.717) is 26.3 Å². The maximum Gasteiger partial charge on any atom is 0.293 e. The number of ether oxygens (including phenoxy) is 1. The van der Waals surface area contributed by atoms with Crippen LogP contribution in [0, 0.1) is 0 Å². The van der Waals surface area contributed by atoms with Crippen LogP contribution < -0.4 is 4.74 Å². The van der Waals surface area contributed by atoms with Gasteiger partial charge in [-0.15, -0.1) is 0 Å². The molecule has 1 saturated heterocycles. The van der Waals surface area contributed by atoms with Crippen LogP contribution in [-0.4, -0.2) is 23.2 Å². The van der Waals surface area contributed by atoms with Gasteiger partial charge in [-0.25, -0.2) is 0 Å². The first-order valence-corrected chi connectivity index (χ1v) is 10.3. The molecule has 0 atom stereocenters. The van der Waals surface area contributed by atoms with Crippen LogP contribution in [0.1, 0.15) is 11.1 Å². The summed E-state index contributed by atoms with van der Waals surface area (Å²) in [6.07, 6.45) is 1.61. The van der Waals surface area contributed by atoms with Gasteiger partial charge in [0, 0.05) is 0 Å². The Balaban J connectivity index is 1.59. The Labute approximate surface area is 182 Å². The first-order valence-electron chi connectivity index (χ1n) is 8.72. The molecular weight excluding hydrogens is 429 g/mol. The topological polar surface area (TPSA) is 46.6 Å². The van der Waals surface area contributed by atoms with Crippen molar-refractivity contribution >= 4 is 63.0 Å². The van der Waals surface area contributed by atoms with E-state index in [-0.39, 0.29) is 17.7 Å². The summed E-state index contributed by atoms with van der Waals surface area (Å²) in [5.41, 5.74) is 1.51. The van der Waals surface area contributed by atoms with Gasteiger partial charge in [-0.3, -0.25) is 14.5 Å². The van der Waals surface area contributed by atoms with Crippen LogP contribution in [0.25, 0.3) is 16.8 Å². The van der Waals surface area contributed by atoms with E-state index in [1.165, 1.54) is 12.0 Å². The highest BCUT2D eigenvalue weighted by atomic mass is 35.5. The minimum atomic E-state index is -0.337. The molecule has 29 heavy (non-hydrogen) atoms. The van der Waals surface area contributed by atoms with E-state index in [0.717, 1.165) is 28.1 Å². The second kappa shape index (κ2) is 8.11. The number of amides is 2. The normalized spacial score (nSPS) is 15.6. The molecule has 4 nitrogen and oxygen atoms in total. The molecule has 1 fully saturated rings. The van der Waals surface area contributed by atoms with E-state index >= 15 is 0 Å². The molecule has 0 bridgehead atoms. The number of rotatable bonds is 4. The number of methoxy groups -OCH3 is 1. The number of imide groups is 1. The monoisotopic (exact) mass is 443 g/mol. The van der Waals surface area contributed by atoms with Crippen molar-refractivity contribution in [1.29, 1.82) is 0 Å². The standard InChI is InChI=1S/C22H15Cl2NO3S/c1-28-20-17(23)9-14(10-18(20)24)11-19-21(26)25(22(27)29-19)12-13-6-7-15-4-2-3-5-16(15)8-13/h2-11H,12H2,1H3/b19-11-. The van der Waals surface area contributed by atoms with Crippen LogP contribution in [0.5, 0.6) is 5.75 Å². The summed E-state index contributed by atoms with van der Waals surface area (Å²) < 4.78 is 5.13. The number of benzene rings is 3. The van der Waals surface area contributed by atoms with Crippen molar-refractivity contribution in [2.24, 2.45) is 0 Å². The zero-order valence-electron chi connectivity index (χ0n) is 15.3. The van der Waals surface area contributed by atoms with E-state index in [4.69, 9.17) is 27.9 Å². The molecule has 1 heterocycles. The van der Waals surface area contributed by atoms with Crippen molar-refractivity contribution in [3.63, 3.8) is 0 Å². The Morgan fingerprint density at radius 1 is 1.00 bits per heavy atom. The van der Waals surface area contributed by atoms with Crippen molar-refractivity contribution in [2.75, 3.05) is 7.11 Å². The van der Waals surface area contributed by atoms with Crippen LogP contribution in [0.2, 0.25) is 10.0 Å². The highest BCUT2D eigenvalue weighted by Gasteiger charge is 2.35. The van der Waals surface area contributed by atoms with Crippen molar-refractivity contribution in [3.05, 3.63) is 80.7 Å². The highest BCUT2D eigenvalue weighted by Crippen LogP contribution is 2.37. The smallest absolute Gasteiger partial charge is 0.293 e. The summed E-state index contributed by atoms with van der Waals surface area (Å²) in [6.45, 7) is 0.219. The maximum absolute atomic E-state index is 12.8. The van der Waals surface area contributed by atoms with Gasteiger partial charge in [0.25, 0.3) is 11.1 Å². The van der Waals surface area contributed by atoms with Gasteiger partial charge >= 0.3 is 0 Å². The summed E-state index contributed by atoms with van der Waals surface area (Å²) in [4.78, 5) is 26.8. The lowest BCUT2D eigenvalue weighted by Gasteiger charge is -2.13. The quantitative estimate of drug-likeness (QED) is 0.438. The number of fused-ring (bicyclic) bond motifs is 1. The Kier molecular flexibility index (Phi) is 5.54. The molecule has 7 heteroatoms. The molecule has 1 aliphatic heterocycles. The lowest BCUT2D eigenvalue weighted by Crippen LogP contribution is -2.27. The SMILES string of the molecule is COc1c(Cl)cc(/C=C2\SC(=O)N(Cc3ccc4ccccc4c3)C2=O)cc1Cl. The molecule has 0 radical (unpaired) electrons. The van der Waals surface area contributed by atoms with Gasteiger partial charge in [0.15, 0.2) is 5.75 Å². The van der Waals surface area contributed by atoms with Crippen molar-refractivity contribution in [3.8, 4) is 5.75 Å². The number of thioether (sulfide) groups is 1. The zero-order valence-corrected chi connectivity index (χ0v) is 17.6. The molecular formula is C22H15Cl2NO3S. The minimum absolute atomic E-state index is 0.219. The molecule has 146 valence electrons. The largest absolute Gasteiger partial charge is 0.494 e. The van der Waals surface area contributed by atoms with Crippen LogP contribution >= 0.6 is 35.0 Å². The van der Waals surface area contributed by atoms with Crippen molar-refractivity contribution in [2.45, 2.75) is 6.54 Å². The maximum atomic E-state index is 12.8. The predicted molar refractivity (Wildman–Crippen MR) is 118 cm³/mol. The lowest BCUT2D eigenvalue weighted by atomic mass is 10.1. The number of hydrogen-bond donors (Lipinski definition) is 0. The van der Waals surface area contributed by atoms with Crippen LogP contribution in [0.15, 0.2) is 59.5 Å². The number of halogens is 2. The minimum Gasteiger partial charge on any atom is -0.494 e. The molecule has 2 amide bonds. The summed E-state index contributed by atoms with van der Waals surface area (Å²) in [7, 11) is 1.48. The Morgan fingerprint density at radius 3 is 2.38 bits per heavy atom. The molecule has 3 aromatic carbocycles. The zero-order chi connectivity index (χ0) is 20.5. The van der Waals surface area contributed by atoms with Crippen LogP contribution in [-0.2, 0) is 11.3 Å². The molecule has 0 aliphatic carbocycles. The average Bonchev–Trinajstić information content (AvgIpc) is 2.95. The summed E-state index contributed by atoms with van der Waals surface area (Å²) in [6, 6.07) is 17.1. The number of carbonyl (C=O) groups is 2. The summed E-state index contributed by atoms with van der Waals surface area (Å²) in [5.74, 6) is 0.0334. The van der Waals surface area contributed by atoms with E-state index < -0.39 is 0 Å². The third kappa shape index (κ3) is 3.99. The Hall–Kier alpha value is -2.47. The fourth-order valence-corrected chi connectivity index (χ4v) is 4.66. The fourth-order valence-electron chi connectivity index (χ4n) is 3.17. The van der Waals surface area contributed by atoms with E-state index in [1.54, 1.807) is 18.2 Å². The molecule has 0 aromatic heterocycles. The van der Waals surface area contributed by atoms with Gasteiger partial charge in [0.05, 0.1) is 28.6 Å². The van der Waals surface area contributed by atoms with Gasteiger partial charge in [0.2, 0.25) is 0 Å². The van der Waals surface area contributed by atoms with Gasteiger partial charge in [-0.2, -0.15) is 0 Å². The van der Waals surface area contributed by atoms with Gasteiger partial charge in [-0.1, -0.05) is 59.6 Å². The lowest BCUT2D eigenvalue weighted by molar-refractivity contribution is -0.123. The molecule has 0 spiro atoms. The molecule has 3 aromatic rings. The third-order valence-corrected chi connectivity index (χ3v) is 6.02. The van der Waals surface area contributed by atoms with Crippen molar-refractivity contribution < 1.29 is 14.3 Å². The first-order chi connectivity index (χ1) is 14.0. The predicted octanol–water partition coefficient (Wildman–Crippen LogP) is 6.39. The summed E-state index contributed by atoms with van der Waals surface area (Å²) >= 11 is 13.2. The number of hydrogen-bond acceptors (Lipinski definition) is 4.